The number of carbonyl (C=O) groups is 1. The lowest BCUT2D eigenvalue weighted by Gasteiger charge is -2.38. The number of amides is 1. The van der Waals surface area contributed by atoms with E-state index in [1.807, 2.05) is 29.2 Å². The van der Waals surface area contributed by atoms with Crippen molar-refractivity contribution in [1.29, 1.82) is 0 Å². The lowest BCUT2D eigenvalue weighted by Crippen LogP contribution is -2.51. The van der Waals surface area contributed by atoms with Crippen molar-refractivity contribution in [3.05, 3.63) is 35.4 Å². The van der Waals surface area contributed by atoms with Crippen LogP contribution in [0.2, 0.25) is 0 Å². The van der Waals surface area contributed by atoms with Crippen molar-refractivity contribution in [2.24, 2.45) is 5.73 Å². The van der Waals surface area contributed by atoms with Crippen molar-refractivity contribution in [3.8, 4) is 0 Å². The molecule has 0 radical (unpaired) electrons. The summed E-state index contributed by atoms with van der Waals surface area (Å²) in [5.74, 6) is 0.149. The van der Waals surface area contributed by atoms with E-state index < -0.39 is 0 Å². The molecular weight excluding hydrogens is 262 g/mol. The lowest BCUT2D eigenvalue weighted by atomic mass is 10.1. The number of nitrogens with two attached hydrogens (primary N) is 1. The third kappa shape index (κ3) is 3.27. The fourth-order valence-corrected chi connectivity index (χ4v) is 3.57. The van der Waals surface area contributed by atoms with Gasteiger partial charge in [0.25, 0.3) is 5.91 Å². The highest BCUT2D eigenvalue weighted by Crippen LogP contribution is 2.24. The van der Waals surface area contributed by atoms with Crippen LogP contribution in [0.5, 0.6) is 0 Å². The van der Waals surface area contributed by atoms with E-state index in [-0.39, 0.29) is 5.91 Å². The maximum Gasteiger partial charge on any atom is 0.253 e. The van der Waals surface area contributed by atoms with Crippen LogP contribution < -0.4 is 5.73 Å². The van der Waals surface area contributed by atoms with Crippen LogP contribution in [0.1, 0.15) is 41.6 Å². The molecule has 0 aromatic heterocycles. The monoisotopic (exact) mass is 287 g/mol. The topological polar surface area (TPSA) is 49.6 Å². The van der Waals surface area contributed by atoms with Crippen LogP contribution in [0.15, 0.2) is 24.3 Å². The minimum Gasteiger partial charge on any atom is -0.336 e. The Bertz CT molecular complexity index is 489. The van der Waals surface area contributed by atoms with Gasteiger partial charge in [0, 0.05) is 44.3 Å². The molecule has 114 valence electrons. The zero-order valence-corrected chi connectivity index (χ0v) is 12.6. The normalized spacial score (nSPS) is 20.9. The molecule has 1 saturated heterocycles. The highest BCUT2D eigenvalue weighted by atomic mass is 16.2. The van der Waals surface area contributed by atoms with Crippen molar-refractivity contribution in [2.75, 3.05) is 26.2 Å². The highest BCUT2D eigenvalue weighted by molar-refractivity contribution is 5.94. The van der Waals surface area contributed by atoms with Crippen LogP contribution in [0.25, 0.3) is 0 Å². The molecule has 1 amide bonds. The summed E-state index contributed by atoms with van der Waals surface area (Å²) in [6.07, 6.45) is 5.42. The minimum absolute atomic E-state index is 0.149. The van der Waals surface area contributed by atoms with Gasteiger partial charge >= 0.3 is 0 Å². The van der Waals surface area contributed by atoms with Crippen LogP contribution in [0, 0.1) is 0 Å². The Kier molecular flexibility index (Phi) is 4.56. The van der Waals surface area contributed by atoms with E-state index in [1.54, 1.807) is 0 Å². The first-order valence-electron chi connectivity index (χ1n) is 8.10. The standard InChI is InChI=1S/C17H25N3O/c18-13-14-4-3-5-15(12-14)17(21)20-10-8-19(9-11-20)16-6-1-2-7-16/h3-5,12,16H,1-2,6-11,13,18H2. The Hall–Kier alpha value is -1.39. The summed E-state index contributed by atoms with van der Waals surface area (Å²) < 4.78 is 0. The molecule has 1 aliphatic heterocycles. The van der Waals surface area contributed by atoms with Gasteiger partial charge in [-0.15, -0.1) is 0 Å². The van der Waals surface area contributed by atoms with Gasteiger partial charge in [0.05, 0.1) is 0 Å². The second-order valence-corrected chi connectivity index (χ2v) is 6.17. The van der Waals surface area contributed by atoms with E-state index in [2.05, 4.69) is 4.90 Å². The Balaban J connectivity index is 1.59. The zero-order valence-electron chi connectivity index (χ0n) is 12.6. The van der Waals surface area contributed by atoms with E-state index in [1.165, 1.54) is 25.7 Å². The van der Waals surface area contributed by atoms with E-state index in [4.69, 9.17) is 5.73 Å². The first kappa shape index (κ1) is 14.5. The summed E-state index contributed by atoms with van der Waals surface area (Å²) in [5.41, 5.74) is 7.44. The van der Waals surface area contributed by atoms with Gasteiger partial charge < -0.3 is 10.6 Å². The van der Waals surface area contributed by atoms with Gasteiger partial charge in [0.15, 0.2) is 0 Å². The quantitative estimate of drug-likeness (QED) is 0.923. The maximum atomic E-state index is 12.6. The summed E-state index contributed by atoms with van der Waals surface area (Å²) in [4.78, 5) is 17.1. The van der Waals surface area contributed by atoms with E-state index in [9.17, 15) is 4.79 Å². The van der Waals surface area contributed by atoms with Crippen LogP contribution in [0.3, 0.4) is 0 Å². The van der Waals surface area contributed by atoms with Crippen LogP contribution in [-0.2, 0) is 6.54 Å². The summed E-state index contributed by atoms with van der Waals surface area (Å²) >= 11 is 0. The van der Waals surface area contributed by atoms with Gasteiger partial charge in [-0.2, -0.15) is 0 Å². The Morgan fingerprint density at radius 1 is 1.14 bits per heavy atom. The van der Waals surface area contributed by atoms with Crippen LogP contribution >= 0.6 is 0 Å². The van der Waals surface area contributed by atoms with Crippen molar-refractivity contribution in [2.45, 2.75) is 38.3 Å². The van der Waals surface area contributed by atoms with E-state index >= 15 is 0 Å². The molecular formula is C17H25N3O. The van der Waals surface area contributed by atoms with Gasteiger partial charge in [0.1, 0.15) is 0 Å². The van der Waals surface area contributed by atoms with Gasteiger partial charge in [-0.1, -0.05) is 25.0 Å². The number of carbonyl (C=O) groups excluding carboxylic acids is 1. The van der Waals surface area contributed by atoms with Crippen LogP contribution in [0.4, 0.5) is 0 Å². The molecule has 0 bridgehead atoms. The lowest BCUT2D eigenvalue weighted by molar-refractivity contribution is 0.0573. The SMILES string of the molecule is NCc1cccc(C(=O)N2CCN(C3CCCC3)CC2)c1. The predicted octanol–water partition coefficient (Wildman–Crippen LogP) is 1.85. The molecule has 1 aromatic carbocycles. The average molecular weight is 287 g/mol. The summed E-state index contributed by atoms with van der Waals surface area (Å²) in [7, 11) is 0. The van der Waals surface area contributed by atoms with Crippen molar-refractivity contribution < 1.29 is 4.79 Å². The number of nitrogens with zero attached hydrogens (tertiary/aromatic N) is 2. The third-order valence-corrected chi connectivity index (χ3v) is 4.85. The number of rotatable bonds is 3. The summed E-state index contributed by atoms with van der Waals surface area (Å²) in [6.45, 7) is 4.22. The Morgan fingerprint density at radius 3 is 2.52 bits per heavy atom. The van der Waals surface area contributed by atoms with E-state index in [0.717, 1.165) is 43.3 Å². The van der Waals surface area contributed by atoms with Crippen molar-refractivity contribution in [1.82, 2.24) is 9.80 Å². The Labute approximate surface area is 126 Å². The second kappa shape index (κ2) is 6.58. The number of benzene rings is 1. The van der Waals surface area contributed by atoms with Gasteiger partial charge in [0.2, 0.25) is 0 Å². The first-order chi connectivity index (χ1) is 10.3. The number of hydrogen-bond donors (Lipinski definition) is 1. The fourth-order valence-electron chi connectivity index (χ4n) is 3.57. The molecule has 1 heterocycles. The van der Waals surface area contributed by atoms with Gasteiger partial charge in [-0.3, -0.25) is 9.69 Å². The second-order valence-electron chi connectivity index (χ2n) is 6.17. The molecule has 2 fully saturated rings. The number of hydrogen-bond acceptors (Lipinski definition) is 3. The molecule has 21 heavy (non-hydrogen) atoms. The molecule has 0 atom stereocenters. The van der Waals surface area contributed by atoms with Crippen molar-refractivity contribution in [3.63, 3.8) is 0 Å². The average Bonchev–Trinajstić information content (AvgIpc) is 3.09. The summed E-state index contributed by atoms with van der Waals surface area (Å²) in [5, 5.41) is 0. The molecule has 4 nitrogen and oxygen atoms in total. The molecule has 3 rings (SSSR count). The highest BCUT2D eigenvalue weighted by Gasteiger charge is 2.28. The molecule has 4 heteroatoms. The number of piperazine rings is 1. The van der Waals surface area contributed by atoms with Gasteiger partial charge in [-0.25, -0.2) is 0 Å². The van der Waals surface area contributed by atoms with Gasteiger partial charge in [-0.05, 0) is 30.5 Å². The van der Waals surface area contributed by atoms with Crippen LogP contribution in [-0.4, -0.2) is 47.9 Å². The Morgan fingerprint density at radius 2 is 1.86 bits per heavy atom. The summed E-state index contributed by atoms with van der Waals surface area (Å²) in [6, 6.07) is 8.47. The molecule has 0 unspecified atom stereocenters. The molecule has 2 N–H and O–H groups in total. The molecule has 0 spiro atoms. The minimum atomic E-state index is 0.149. The van der Waals surface area contributed by atoms with Crippen molar-refractivity contribution >= 4 is 5.91 Å². The maximum absolute atomic E-state index is 12.6. The molecule has 1 saturated carbocycles. The van der Waals surface area contributed by atoms with E-state index in [0.29, 0.717) is 6.54 Å². The smallest absolute Gasteiger partial charge is 0.253 e. The molecule has 1 aliphatic carbocycles. The molecule has 2 aliphatic rings. The predicted molar refractivity (Wildman–Crippen MR) is 84.1 cm³/mol. The third-order valence-electron chi connectivity index (χ3n) is 4.85. The largest absolute Gasteiger partial charge is 0.336 e. The fraction of sp³-hybridized carbons (Fsp3) is 0.588. The first-order valence-corrected chi connectivity index (χ1v) is 8.10. The molecule has 1 aromatic rings. The zero-order chi connectivity index (χ0) is 14.7.